The fraction of sp³-hybridized carbons (Fsp3) is 0.962. The summed E-state index contributed by atoms with van der Waals surface area (Å²) < 4.78 is 40.4. The van der Waals surface area contributed by atoms with Crippen LogP contribution < -0.4 is 0 Å². The van der Waals surface area contributed by atoms with Crippen molar-refractivity contribution < 1.29 is 27.1 Å². The third-order valence-electron chi connectivity index (χ3n) is 19.5. The van der Waals surface area contributed by atoms with Gasteiger partial charge in [0.2, 0.25) is 0 Å². The highest BCUT2D eigenvalue weighted by Gasteiger charge is 2.52. The van der Waals surface area contributed by atoms with E-state index in [0.717, 1.165) is 36.5 Å². The molecule has 8 heteroatoms. The van der Waals surface area contributed by atoms with Gasteiger partial charge in [0.25, 0.3) is 0 Å². The van der Waals surface area contributed by atoms with Crippen molar-refractivity contribution in [2.24, 2.45) is 63.1 Å². The fourth-order valence-corrected chi connectivity index (χ4v) is 17.6. The van der Waals surface area contributed by atoms with Crippen LogP contribution in [0.15, 0.2) is 11.1 Å². The van der Waals surface area contributed by atoms with Crippen molar-refractivity contribution in [2.45, 2.75) is 228 Å². The minimum absolute atomic E-state index is 0.191. The molecule has 0 aromatic rings. The summed E-state index contributed by atoms with van der Waals surface area (Å²) in [5, 5.41) is 0. The molecule has 8 fully saturated rings. The summed E-state index contributed by atoms with van der Waals surface area (Å²) in [6, 6.07) is 0. The number of hydrogen-bond acceptors (Lipinski definition) is 6. The zero-order valence-corrected chi connectivity index (χ0v) is 41.5. The Balaban J connectivity index is 0.871. The number of hydrogen-bond donors (Lipinski definition) is 0. The van der Waals surface area contributed by atoms with Gasteiger partial charge in [-0.05, 0) is 167 Å². The van der Waals surface area contributed by atoms with Gasteiger partial charge in [-0.15, -0.1) is 0 Å². The van der Waals surface area contributed by atoms with Gasteiger partial charge in [0, 0.05) is 0 Å². The summed E-state index contributed by atoms with van der Waals surface area (Å²) in [5.41, 5.74) is 4.09. The molecule has 6 saturated carbocycles. The van der Waals surface area contributed by atoms with Crippen LogP contribution in [0.4, 0.5) is 0 Å². The van der Waals surface area contributed by atoms with Crippen LogP contribution in [0.2, 0.25) is 0 Å². The van der Waals surface area contributed by atoms with Crippen molar-refractivity contribution in [1.82, 2.24) is 0 Å². The molecule has 0 N–H and O–H groups in total. The van der Waals surface area contributed by atoms with Crippen LogP contribution in [0.1, 0.15) is 215 Å². The van der Waals surface area contributed by atoms with E-state index in [1.807, 2.05) is 0 Å². The summed E-state index contributed by atoms with van der Waals surface area (Å²) in [6.45, 7) is 20.4. The van der Waals surface area contributed by atoms with E-state index < -0.39 is 17.2 Å². The second-order valence-electron chi connectivity index (χ2n) is 23.9. The lowest BCUT2D eigenvalue weighted by molar-refractivity contribution is -0.106. The second kappa shape index (κ2) is 20.5. The zero-order chi connectivity index (χ0) is 42.0. The first-order chi connectivity index (χ1) is 28.9. The minimum Gasteiger partial charge on any atom is -0.311 e. The molecular formula is C52H90O6P2. The van der Waals surface area contributed by atoms with Crippen LogP contribution >= 0.6 is 17.2 Å². The van der Waals surface area contributed by atoms with Crippen molar-refractivity contribution in [3.8, 4) is 0 Å². The molecule has 2 heterocycles. The van der Waals surface area contributed by atoms with Crippen LogP contribution in [0.25, 0.3) is 0 Å². The minimum atomic E-state index is -1.40. The standard InChI is InChI=1S/C52H90O6P2/c1-38(39-20-12-8-13-21-39)40-28-30-47(45(32-40)50(4,5)42-24-16-10-17-25-42)57-59-53-34-52(35-54-59)36-55-60(56-37-52)58-48-31-29-44(49(2,3)41-22-14-9-15-23-41)33-46(48)51(6,7)43-26-18-11-19-27-43/h40-48H,8-37H2,1-7H3. The summed E-state index contributed by atoms with van der Waals surface area (Å²) in [6.07, 6.45) is 35.5. The molecule has 8 aliphatic rings. The Bertz CT molecular complexity index is 1370. The molecule has 1 spiro atoms. The molecule has 2 saturated heterocycles. The Kier molecular flexibility index (Phi) is 16.0. The SMILES string of the molecule is CC(=C1CCCCC1)C1CCC(OP2OCC3(CO2)COP(OC2CCC(C(C)(C)C4CCCCC4)CC2C(C)(C)C2CCCCC2)OC3)C(C(C)(C)C2CCCCC2)C1. The van der Waals surface area contributed by atoms with Crippen molar-refractivity contribution >= 4 is 17.2 Å². The van der Waals surface area contributed by atoms with Crippen LogP contribution in [-0.2, 0) is 27.1 Å². The maximum Gasteiger partial charge on any atom is 0.332 e. The molecule has 344 valence electrons. The Hall–Kier alpha value is 0.360. The molecule has 8 rings (SSSR count). The van der Waals surface area contributed by atoms with Gasteiger partial charge < -0.3 is 27.1 Å². The van der Waals surface area contributed by atoms with Crippen molar-refractivity contribution in [3.63, 3.8) is 0 Å². The summed E-state index contributed by atoms with van der Waals surface area (Å²) in [7, 11) is -2.79. The van der Waals surface area contributed by atoms with Gasteiger partial charge in [-0.3, -0.25) is 0 Å². The van der Waals surface area contributed by atoms with Gasteiger partial charge in [-0.2, -0.15) is 0 Å². The average Bonchev–Trinajstić information content (AvgIpc) is 3.29. The topological polar surface area (TPSA) is 55.4 Å². The molecule has 6 unspecified atom stereocenters. The Morgan fingerprint density at radius 1 is 0.467 bits per heavy atom. The quantitative estimate of drug-likeness (QED) is 0.152. The van der Waals surface area contributed by atoms with Gasteiger partial charge in [-0.25, -0.2) is 0 Å². The lowest BCUT2D eigenvalue weighted by atomic mass is 9.54. The molecule has 0 amide bonds. The highest BCUT2D eigenvalue weighted by atomic mass is 31.2. The first kappa shape index (κ1) is 46.9. The monoisotopic (exact) mass is 873 g/mol. The van der Waals surface area contributed by atoms with E-state index in [2.05, 4.69) is 48.5 Å². The molecule has 60 heavy (non-hydrogen) atoms. The van der Waals surface area contributed by atoms with Crippen LogP contribution in [0.3, 0.4) is 0 Å². The maximum absolute atomic E-state index is 7.06. The Morgan fingerprint density at radius 2 is 0.867 bits per heavy atom. The van der Waals surface area contributed by atoms with E-state index in [9.17, 15) is 0 Å². The van der Waals surface area contributed by atoms with Crippen LogP contribution in [-0.4, -0.2) is 38.6 Å². The maximum atomic E-state index is 7.06. The highest BCUT2D eigenvalue weighted by molar-refractivity contribution is 7.42. The second-order valence-corrected chi connectivity index (χ2v) is 26.2. The predicted molar refractivity (Wildman–Crippen MR) is 248 cm³/mol. The lowest BCUT2D eigenvalue weighted by Crippen LogP contribution is -2.49. The first-order valence-electron chi connectivity index (χ1n) is 26.0. The Morgan fingerprint density at radius 3 is 1.33 bits per heavy atom. The van der Waals surface area contributed by atoms with Gasteiger partial charge in [-0.1, -0.05) is 117 Å². The van der Waals surface area contributed by atoms with Gasteiger partial charge in [0.05, 0.1) is 44.1 Å². The van der Waals surface area contributed by atoms with Crippen LogP contribution in [0, 0.1) is 63.1 Å². The Labute approximate surface area is 371 Å². The molecule has 6 aliphatic carbocycles. The molecule has 0 aromatic carbocycles. The summed E-state index contributed by atoms with van der Waals surface area (Å²) in [5.74, 6) is 4.93. The van der Waals surface area contributed by atoms with Crippen LogP contribution in [0.5, 0.6) is 0 Å². The molecule has 0 aromatic heterocycles. The predicted octanol–water partition coefficient (Wildman–Crippen LogP) is 16.2. The lowest BCUT2D eigenvalue weighted by Gasteiger charge is -2.54. The number of allylic oxidation sites excluding steroid dienone is 2. The number of rotatable bonds is 11. The molecule has 6 nitrogen and oxygen atoms in total. The van der Waals surface area contributed by atoms with Gasteiger partial charge in [0.15, 0.2) is 0 Å². The average molecular weight is 873 g/mol. The van der Waals surface area contributed by atoms with E-state index in [4.69, 9.17) is 27.1 Å². The van der Waals surface area contributed by atoms with Gasteiger partial charge in [0.1, 0.15) is 0 Å². The fourth-order valence-electron chi connectivity index (χ4n) is 14.7. The largest absolute Gasteiger partial charge is 0.332 e. The van der Waals surface area contributed by atoms with Gasteiger partial charge >= 0.3 is 17.2 Å². The summed E-state index contributed by atoms with van der Waals surface area (Å²) >= 11 is 0. The van der Waals surface area contributed by atoms with E-state index in [-0.39, 0.29) is 28.5 Å². The smallest absolute Gasteiger partial charge is 0.311 e. The van der Waals surface area contributed by atoms with E-state index in [1.54, 1.807) is 11.1 Å². The van der Waals surface area contributed by atoms with Crippen molar-refractivity contribution in [2.75, 3.05) is 26.4 Å². The first-order valence-corrected chi connectivity index (χ1v) is 28.2. The summed E-state index contributed by atoms with van der Waals surface area (Å²) in [4.78, 5) is 0. The van der Waals surface area contributed by atoms with E-state index in [0.29, 0.717) is 49.6 Å². The third-order valence-corrected chi connectivity index (χ3v) is 21.7. The zero-order valence-electron chi connectivity index (χ0n) is 39.8. The van der Waals surface area contributed by atoms with Crippen molar-refractivity contribution in [3.05, 3.63) is 11.1 Å². The highest BCUT2D eigenvalue weighted by Crippen LogP contribution is 2.61. The molecule has 0 bridgehead atoms. The normalized spacial score (nSPS) is 38.0. The molecule has 0 radical (unpaired) electrons. The van der Waals surface area contributed by atoms with E-state index in [1.165, 1.54) is 154 Å². The molecular weight excluding hydrogens is 783 g/mol. The van der Waals surface area contributed by atoms with E-state index >= 15 is 0 Å². The molecule has 2 aliphatic heterocycles. The molecule has 6 atom stereocenters. The van der Waals surface area contributed by atoms with Crippen molar-refractivity contribution in [1.29, 1.82) is 0 Å². The third kappa shape index (κ3) is 10.6.